The molecule has 0 N–H and O–H groups in total. The number of hydrogen-bond acceptors (Lipinski definition) is 3. The zero-order valence-electron chi connectivity index (χ0n) is 10.6. The molecule has 0 bridgehead atoms. The molecule has 0 fully saturated rings. The predicted octanol–water partition coefficient (Wildman–Crippen LogP) is 3.55. The smallest absolute Gasteiger partial charge is 0.326 e. The number of carbonyl (C=O) groups is 1. The Balaban J connectivity index is 3.22. The van der Waals surface area contributed by atoms with Crippen LogP contribution in [0.25, 0.3) is 0 Å². The van der Waals surface area contributed by atoms with Gasteiger partial charge in [-0.25, -0.2) is 0 Å². The highest BCUT2D eigenvalue weighted by Crippen LogP contribution is 2.41. The number of allylic oxidation sites excluding steroid dienone is 1. The first kappa shape index (κ1) is 14.6. The van der Waals surface area contributed by atoms with Crippen LogP contribution in [0, 0.1) is 0 Å². The number of ether oxygens (including phenoxy) is 1. The van der Waals surface area contributed by atoms with Gasteiger partial charge < -0.3 is 4.74 Å². The lowest BCUT2D eigenvalue weighted by molar-refractivity contribution is -0.143. The van der Waals surface area contributed by atoms with Crippen molar-refractivity contribution in [3.8, 4) is 0 Å². The molecule has 3 heteroatoms. The molecule has 0 saturated heterocycles. The summed E-state index contributed by atoms with van der Waals surface area (Å²) in [6.07, 6.45) is 4.07. The molecular formula is C15H18O2S. The third-order valence-corrected chi connectivity index (χ3v) is 4.10. The van der Waals surface area contributed by atoms with Crippen LogP contribution in [0.15, 0.2) is 55.6 Å². The van der Waals surface area contributed by atoms with Gasteiger partial charge in [0.2, 0.25) is 0 Å². The van der Waals surface area contributed by atoms with E-state index in [2.05, 4.69) is 13.2 Å². The summed E-state index contributed by atoms with van der Waals surface area (Å²) in [5.41, 5.74) is 0.934. The average Bonchev–Trinajstić information content (AvgIpc) is 2.43. The molecule has 18 heavy (non-hydrogen) atoms. The zero-order valence-corrected chi connectivity index (χ0v) is 11.4. The van der Waals surface area contributed by atoms with Gasteiger partial charge in [-0.05, 0) is 12.0 Å². The summed E-state index contributed by atoms with van der Waals surface area (Å²) in [6, 6.07) is 9.65. The van der Waals surface area contributed by atoms with Crippen molar-refractivity contribution in [1.29, 1.82) is 0 Å². The van der Waals surface area contributed by atoms with Crippen LogP contribution in [0.1, 0.15) is 12.0 Å². The monoisotopic (exact) mass is 262 g/mol. The Labute approximate surface area is 113 Å². The SMILES string of the molecule is C=CCSC(CC=C)(C(=O)OC)c1ccccc1. The van der Waals surface area contributed by atoms with E-state index in [1.807, 2.05) is 30.3 Å². The summed E-state index contributed by atoms with van der Waals surface area (Å²) in [6.45, 7) is 7.45. The van der Waals surface area contributed by atoms with E-state index >= 15 is 0 Å². The second-order valence-corrected chi connectivity index (χ2v) is 5.10. The third-order valence-electron chi connectivity index (χ3n) is 2.63. The van der Waals surface area contributed by atoms with E-state index in [0.717, 1.165) is 5.56 Å². The van der Waals surface area contributed by atoms with E-state index in [1.165, 1.54) is 18.9 Å². The van der Waals surface area contributed by atoms with Gasteiger partial charge in [-0.3, -0.25) is 4.79 Å². The van der Waals surface area contributed by atoms with Gasteiger partial charge in [-0.1, -0.05) is 42.5 Å². The minimum atomic E-state index is -0.730. The molecule has 1 aromatic rings. The summed E-state index contributed by atoms with van der Waals surface area (Å²) in [7, 11) is 1.41. The molecule has 0 saturated carbocycles. The van der Waals surface area contributed by atoms with E-state index in [0.29, 0.717) is 12.2 Å². The highest BCUT2D eigenvalue weighted by molar-refractivity contribution is 8.01. The molecule has 0 radical (unpaired) electrons. The van der Waals surface area contributed by atoms with Crippen molar-refractivity contribution in [2.45, 2.75) is 11.2 Å². The number of thioether (sulfide) groups is 1. The Hall–Kier alpha value is -1.48. The highest BCUT2D eigenvalue weighted by Gasteiger charge is 2.40. The van der Waals surface area contributed by atoms with E-state index < -0.39 is 4.75 Å². The molecule has 2 nitrogen and oxygen atoms in total. The summed E-state index contributed by atoms with van der Waals surface area (Å²) in [4.78, 5) is 12.2. The van der Waals surface area contributed by atoms with E-state index in [-0.39, 0.29) is 5.97 Å². The number of hydrogen-bond donors (Lipinski definition) is 0. The Morgan fingerprint density at radius 3 is 2.50 bits per heavy atom. The average molecular weight is 262 g/mol. The number of rotatable bonds is 7. The van der Waals surface area contributed by atoms with Crippen LogP contribution in [0.3, 0.4) is 0 Å². The first-order valence-electron chi connectivity index (χ1n) is 5.71. The second-order valence-electron chi connectivity index (χ2n) is 3.78. The lowest BCUT2D eigenvalue weighted by Gasteiger charge is -2.29. The van der Waals surface area contributed by atoms with Gasteiger partial charge in [-0.15, -0.1) is 24.9 Å². The minimum Gasteiger partial charge on any atom is -0.468 e. The summed E-state index contributed by atoms with van der Waals surface area (Å²) >= 11 is 1.52. The van der Waals surface area contributed by atoms with Crippen LogP contribution in [-0.2, 0) is 14.3 Å². The molecule has 0 aliphatic carbocycles. The van der Waals surface area contributed by atoms with Crippen LogP contribution >= 0.6 is 11.8 Å². The molecule has 1 rings (SSSR count). The number of benzene rings is 1. The van der Waals surface area contributed by atoms with Gasteiger partial charge >= 0.3 is 5.97 Å². The predicted molar refractivity (Wildman–Crippen MR) is 77.6 cm³/mol. The Morgan fingerprint density at radius 1 is 1.33 bits per heavy atom. The topological polar surface area (TPSA) is 26.3 Å². The Kier molecular flexibility index (Phi) is 5.72. The quantitative estimate of drug-likeness (QED) is 0.555. The van der Waals surface area contributed by atoms with Crippen LogP contribution in [0.2, 0.25) is 0 Å². The summed E-state index contributed by atoms with van der Waals surface area (Å²) in [5.74, 6) is 0.429. The molecule has 0 aromatic heterocycles. The first-order chi connectivity index (χ1) is 8.71. The fourth-order valence-electron chi connectivity index (χ4n) is 1.80. The van der Waals surface area contributed by atoms with Gasteiger partial charge in [0.15, 0.2) is 0 Å². The van der Waals surface area contributed by atoms with Gasteiger partial charge in [0.25, 0.3) is 0 Å². The maximum atomic E-state index is 12.2. The van der Waals surface area contributed by atoms with Gasteiger partial charge in [-0.2, -0.15) is 0 Å². The molecule has 1 atom stereocenters. The van der Waals surface area contributed by atoms with Gasteiger partial charge in [0.1, 0.15) is 4.75 Å². The minimum absolute atomic E-state index is 0.250. The fourth-order valence-corrected chi connectivity index (χ4v) is 2.94. The fraction of sp³-hybridized carbons (Fsp3) is 0.267. The van der Waals surface area contributed by atoms with Crippen molar-refractivity contribution in [3.05, 3.63) is 61.2 Å². The highest BCUT2D eigenvalue weighted by atomic mass is 32.2. The van der Waals surface area contributed by atoms with Crippen LogP contribution in [0.5, 0.6) is 0 Å². The van der Waals surface area contributed by atoms with Crippen LogP contribution in [-0.4, -0.2) is 18.8 Å². The summed E-state index contributed by atoms with van der Waals surface area (Å²) in [5, 5.41) is 0. The molecule has 0 aliphatic rings. The van der Waals surface area contributed by atoms with Crippen molar-refractivity contribution in [1.82, 2.24) is 0 Å². The maximum absolute atomic E-state index is 12.2. The van der Waals surface area contributed by atoms with E-state index in [9.17, 15) is 4.79 Å². The van der Waals surface area contributed by atoms with Crippen molar-refractivity contribution in [2.24, 2.45) is 0 Å². The Morgan fingerprint density at radius 2 is 2.00 bits per heavy atom. The second kappa shape index (κ2) is 7.07. The number of methoxy groups -OCH3 is 1. The van der Waals surface area contributed by atoms with Crippen molar-refractivity contribution in [2.75, 3.05) is 12.9 Å². The molecule has 96 valence electrons. The molecular weight excluding hydrogens is 244 g/mol. The molecule has 0 spiro atoms. The molecule has 1 aromatic carbocycles. The molecule has 0 heterocycles. The molecule has 0 amide bonds. The standard InChI is InChI=1S/C15H18O2S/c1-4-11-15(14(16)17-3,18-12-5-2)13-9-7-6-8-10-13/h4-10H,1-2,11-12H2,3H3. The van der Waals surface area contributed by atoms with E-state index in [1.54, 1.807) is 12.2 Å². The third kappa shape index (κ3) is 3.05. The molecule has 1 unspecified atom stereocenters. The normalized spacial score (nSPS) is 13.4. The lowest BCUT2D eigenvalue weighted by atomic mass is 9.94. The number of esters is 1. The molecule has 0 aliphatic heterocycles. The van der Waals surface area contributed by atoms with Gasteiger partial charge in [0.05, 0.1) is 7.11 Å². The van der Waals surface area contributed by atoms with Crippen molar-refractivity contribution >= 4 is 17.7 Å². The summed E-state index contributed by atoms with van der Waals surface area (Å²) < 4.78 is 4.25. The van der Waals surface area contributed by atoms with Crippen LogP contribution in [0.4, 0.5) is 0 Å². The number of carbonyl (C=O) groups excluding carboxylic acids is 1. The maximum Gasteiger partial charge on any atom is 0.326 e. The lowest BCUT2D eigenvalue weighted by Crippen LogP contribution is -2.33. The van der Waals surface area contributed by atoms with E-state index in [4.69, 9.17) is 4.74 Å². The van der Waals surface area contributed by atoms with Crippen LogP contribution < -0.4 is 0 Å². The largest absolute Gasteiger partial charge is 0.468 e. The van der Waals surface area contributed by atoms with Crippen molar-refractivity contribution in [3.63, 3.8) is 0 Å². The van der Waals surface area contributed by atoms with Crippen molar-refractivity contribution < 1.29 is 9.53 Å². The van der Waals surface area contributed by atoms with Gasteiger partial charge in [0, 0.05) is 5.75 Å². The first-order valence-corrected chi connectivity index (χ1v) is 6.69. The Bertz CT molecular complexity index is 414. The zero-order chi connectivity index (χ0) is 13.4.